The minimum atomic E-state index is 0.0377. The molecule has 1 aromatic carbocycles. The smallest absolute Gasteiger partial charge is 0.223 e. The maximum absolute atomic E-state index is 11.3. The van der Waals surface area contributed by atoms with E-state index in [4.69, 9.17) is 5.73 Å². The zero-order chi connectivity index (χ0) is 10.7. The van der Waals surface area contributed by atoms with Gasteiger partial charge in [0.2, 0.25) is 5.91 Å². The zero-order valence-corrected chi connectivity index (χ0v) is 8.87. The van der Waals surface area contributed by atoms with Crippen LogP contribution in [-0.4, -0.2) is 12.5 Å². The first kappa shape index (κ1) is 10.6. The lowest BCUT2D eigenvalue weighted by Crippen LogP contribution is -2.27. The molecule has 14 heavy (non-hydrogen) atoms. The maximum atomic E-state index is 11.3. The molecule has 0 fully saturated rings. The largest absolute Gasteiger partial charge is 0.398 e. The molecule has 1 aromatic rings. The first-order chi connectivity index (χ1) is 6.56. The number of hydrogen-bond donors (Lipinski definition) is 1. The first-order valence-corrected chi connectivity index (χ1v) is 4.70. The van der Waals surface area contributed by atoms with Crippen LogP contribution in [0, 0.1) is 6.92 Å². The molecule has 1 rings (SSSR count). The molecule has 3 nitrogen and oxygen atoms in total. The van der Waals surface area contributed by atoms with Gasteiger partial charge in [-0.25, -0.2) is 0 Å². The van der Waals surface area contributed by atoms with Gasteiger partial charge in [-0.3, -0.25) is 4.79 Å². The van der Waals surface area contributed by atoms with E-state index >= 15 is 0 Å². The van der Waals surface area contributed by atoms with Gasteiger partial charge in [-0.05, 0) is 31.5 Å². The van der Waals surface area contributed by atoms with E-state index in [1.54, 1.807) is 11.8 Å². The topological polar surface area (TPSA) is 46.3 Å². The average Bonchev–Trinajstić information content (AvgIpc) is 2.11. The molecular formula is C11H16N2O. The Morgan fingerprint density at radius 1 is 1.50 bits per heavy atom. The summed E-state index contributed by atoms with van der Waals surface area (Å²) in [5, 5.41) is 0. The van der Waals surface area contributed by atoms with Crippen LogP contribution in [0.1, 0.15) is 19.4 Å². The molecule has 76 valence electrons. The van der Waals surface area contributed by atoms with E-state index in [2.05, 4.69) is 0 Å². The zero-order valence-electron chi connectivity index (χ0n) is 8.87. The fourth-order valence-corrected chi connectivity index (χ4v) is 1.38. The van der Waals surface area contributed by atoms with Gasteiger partial charge in [-0.15, -0.1) is 0 Å². The van der Waals surface area contributed by atoms with Crippen molar-refractivity contribution in [2.45, 2.75) is 20.8 Å². The molecule has 0 atom stereocenters. The van der Waals surface area contributed by atoms with Crippen molar-refractivity contribution < 1.29 is 4.79 Å². The van der Waals surface area contributed by atoms with E-state index in [1.165, 1.54) is 0 Å². The Hall–Kier alpha value is -1.51. The monoisotopic (exact) mass is 192 g/mol. The van der Waals surface area contributed by atoms with Crippen LogP contribution in [-0.2, 0) is 4.79 Å². The van der Waals surface area contributed by atoms with E-state index in [9.17, 15) is 4.79 Å². The Balaban J connectivity index is 3.06. The van der Waals surface area contributed by atoms with Gasteiger partial charge in [0.05, 0.1) is 0 Å². The lowest BCUT2D eigenvalue weighted by Gasteiger charge is -2.19. The maximum Gasteiger partial charge on any atom is 0.223 e. The molecule has 0 spiro atoms. The van der Waals surface area contributed by atoms with Gasteiger partial charge in [0.1, 0.15) is 0 Å². The van der Waals surface area contributed by atoms with Crippen molar-refractivity contribution in [2.24, 2.45) is 0 Å². The van der Waals surface area contributed by atoms with Crippen molar-refractivity contribution in [3.8, 4) is 0 Å². The third-order valence-corrected chi connectivity index (χ3v) is 2.27. The highest BCUT2D eigenvalue weighted by Gasteiger charge is 2.09. The van der Waals surface area contributed by atoms with E-state index in [0.29, 0.717) is 6.54 Å². The number of benzene rings is 1. The second-order valence-electron chi connectivity index (χ2n) is 3.30. The molecule has 3 heteroatoms. The van der Waals surface area contributed by atoms with Gasteiger partial charge >= 0.3 is 0 Å². The van der Waals surface area contributed by atoms with Gasteiger partial charge < -0.3 is 10.6 Å². The van der Waals surface area contributed by atoms with Gasteiger partial charge in [0.25, 0.3) is 0 Å². The van der Waals surface area contributed by atoms with Crippen LogP contribution in [0.2, 0.25) is 0 Å². The van der Waals surface area contributed by atoms with Gasteiger partial charge in [0.15, 0.2) is 0 Å². The van der Waals surface area contributed by atoms with E-state index in [0.717, 1.165) is 16.9 Å². The summed E-state index contributed by atoms with van der Waals surface area (Å²) in [6, 6.07) is 5.67. The molecule has 0 aromatic heterocycles. The highest BCUT2D eigenvalue weighted by atomic mass is 16.2. The lowest BCUT2D eigenvalue weighted by atomic mass is 10.1. The second kappa shape index (κ2) is 4.13. The number of anilines is 2. The number of nitrogens with zero attached hydrogens (tertiary/aromatic N) is 1. The number of rotatable bonds is 2. The molecule has 0 heterocycles. The minimum Gasteiger partial charge on any atom is -0.398 e. The minimum absolute atomic E-state index is 0.0377. The Labute approximate surface area is 84.5 Å². The Bertz CT molecular complexity index is 347. The van der Waals surface area contributed by atoms with Crippen LogP contribution in [0.3, 0.4) is 0 Å². The third kappa shape index (κ3) is 2.05. The molecule has 1 amide bonds. The third-order valence-electron chi connectivity index (χ3n) is 2.27. The summed E-state index contributed by atoms with van der Waals surface area (Å²) in [4.78, 5) is 12.9. The van der Waals surface area contributed by atoms with Crippen molar-refractivity contribution in [3.05, 3.63) is 23.8 Å². The van der Waals surface area contributed by atoms with Crippen molar-refractivity contribution in [1.29, 1.82) is 0 Å². The summed E-state index contributed by atoms with van der Waals surface area (Å²) in [6.45, 7) is 6.11. The molecular weight excluding hydrogens is 176 g/mol. The lowest BCUT2D eigenvalue weighted by molar-refractivity contribution is -0.116. The second-order valence-corrected chi connectivity index (χ2v) is 3.30. The number of nitrogens with two attached hydrogens (primary N) is 1. The fourth-order valence-electron chi connectivity index (χ4n) is 1.38. The predicted molar refractivity (Wildman–Crippen MR) is 59.3 cm³/mol. The van der Waals surface area contributed by atoms with Crippen LogP contribution in [0.25, 0.3) is 0 Å². The molecule has 0 unspecified atom stereocenters. The van der Waals surface area contributed by atoms with E-state index in [1.807, 2.05) is 32.0 Å². The number of carbonyl (C=O) groups is 1. The van der Waals surface area contributed by atoms with Crippen molar-refractivity contribution in [2.75, 3.05) is 17.2 Å². The normalized spacial score (nSPS) is 9.93. The van der Waals surface area contributed by atoms with Gasteiger partial charge in [-0.1, -0.05) is 6.07 Å². The SMILES string of the molecule is CCN(C(C)=O)c1ccc(C)c(N)c1. The Kier molecular flexibility index (Phi) is 3.12. The van der Waals surface area contributed by atoms with Crippen molar-refractivity contribution in [3.63, 3.8) is 0 Å². The Morgan fingerprint density at radius 3 is 2.57 bits per heavy atom. The van der Waals surface area contributed by atoms with Crippen molar-refractivity contribution in [1.82, 2.24) is 0 Å². The van der Waals surface area contributed by atoms with Crippen LogP contribution < -0.4 is 10.6 Å². The highest BCUT2D eigenvalue weighted by molar-refractivity contribution is 5.92. The fraction of sp³-hybridized carbons (Fsp3) is 0.364. The summed E-state index contributed by atoms with van der Waals surface area (Å²) in [5.41, 5.74) is 8.40. The first-order valence-electron chi connectivity index (χ1n) is 4.70. The summed E-state index contributed by atoms with van der Waals surface area (Å²) in [5.74, 6) is 0.0377. The van der Waals surface area contributed by atoms with Gasteiger partial charge in [-0.2, -0.15) is 0 Å². The Morgan fingerprint density at radius 2 is 2.14 bits per heavy atom. The number of nitrogen functional groups attached to an aromatic ring is 1. The number of hydrogen-bond acceptors (Lipinski definition) is 2. The summed E-state index contributed by atoms with van der Waals surface area (Å²) >= 11 is 0. The molecule has 0 bridgehead atoms. The quantitative estimate of drug-likeness (QED) is 0.728. The van der Waals surface area contributed by atoms with Crippen LogP contribution >= 0.6 is 0 Å². The number of amides is 1. The molecule has 0 saturated heterocycles. The van der Waals surface area contributed by atoms with Gasteiger partial charge in [0, 0.05) is 24.8 Å². The van der Waals surface area contributed by atoms with E-state index < -0.39 is 0 Å². The number of carbonyl (C=O) groups excluding carboxylic acids is 1. The molecule has 0 aliphatic rings. The molecule has 0 aliphatic carbocycles. The van der Waals surface area contributed by atoms with E-state index in [-0.39, 0.29) is 5.91 Å². The average molecular weight is 192 g/mol. The molecule has 0 saturated carbocycles. The summed E-state index contributed by atoms with van der Waals surface area (Å²) in [7, 11) is 0. The molecule has 2 N–H and O–H groups in total. The molecule has 0 radical (unpaired) electrons. The number of aryl methyl sites for hydroxylation is 1. The predicted octanol–water partition coefficient (Wildman–Crippen LogP) is 1.95. The van der Waals surface area contributed by atoms with Crippen LogP contribution in [0.15, 0.2) is 18.2 Å². The highest BCUT2D eigenvalue weighted by Crippen LogP contribution is 2.20. The summed E-state index contributed by atoms with van der Waals surface area (Å²) < 4.78 is 0. The summed E-state index contributed by atoms with van der Waals surface area (Å²) in [6.07, 6.45) is 0. The van der Waals surface area contributed by atoms with Crippen LogP contribution in [0.4, 0.5) is 11.4 Å². The molecule has 0 aliphatic heterocycles. The van der Waals surface area contributed by atoms with Crippen molar-refractivity contribution >= 4 is 17.3 Å². The van der Waals surface area contributed by atoms with Crippen LogP contribution in [0.5, 0.6) is 0 Å². The standard InChI is InChI=1S/C11H16N2O/c1-4-13(9(3)14)10-6-5-8(2)11(12)7-10/h5-7H,4,12H2,1-3H3.